The summed E-state index contributed by atoms with van der Waals surface area (Å²) in [4.78, 5) is 21.1. The van der Waals surface area contributed by atoms with Crippen molar-refractivity contribution in [3.63, 3.8) is 0 Å². The first kappa shape index (κ1) is 21.9. The lowest BCUT2D eigenvalue weighted by atomic mass is 10.2. The number of sulfonamides is 1. The van der Waals surface area contributed by atoms with Crippen LogP contribution in [0.1, 0.15) is 21.1 Å². The van der Waals surface area contributed by atoms with E-state index < -0.39 is 10.0 Å². The van der Waals surface area contributed by atoms with Crippen LogP contribution in [0.3, 0.4) is 0 Å². The number of aromatic nitrogens is 2. The van der Waals surface area contributed by atoms with E-state index in [0.29, 0.717) is 17.0 Å². The van der Waals surface area contributed by atoms with E-state index in [9.17, 15) is 13.2 Å². The summed E-state index contributed by atoms with van der Waals surface area (Å²) in [7, 11) is -3.76. The van der Waals surface area contributed by atoms with Gasteiger partial charge in [0.1, 0.15) is 12.4 Å². The lowest BCUT2D eigenvalue weighted by Gasteiger charge is -2.11. The molecule has 0 atom stereocenters. The van der Waals surface area contributed by atoms with E-state index in [1.807, 2.05) is 12.3 Å². The SMILES string of the molecule is Cc1nc(COc2ccccc2C(=O)Nc2ccc(S(=O)(=O)Nc3nccs3)cc2)cs1. The zero-order valence-corrected chi connectivity index (χ0v) is 19.3. The summed E-state index contributed by atoms with van der Waals surface area (Å²) in [6.45, 7) is 2.18. The molecule has 2 heterocycles. The predicted octanol–water partition coefficient (Wildman–Crippen LogP) is 4.54. The molecule has 8 nitrogen and oxygen atoms in total. The van der Waals surface area contributed by atoms with Gasteiger partial charge in [-0.1, -0.05) is 12.1 Å². The number of amides is 1. The fraction of sp³-hybridized carbons (Fsp3) is 0.0952. The van der Waals surface area contributed by atoms with E-state index in [-0.39, 0.29) is 22.5 Å². The highest BCUT2D eigenvalue weighted by molar-refractivity contribution is 7.93. The Kier molecular flexibility index (Phi) is 6.49. The Morgan fingerprint density at radius 3 is 2.56 bits per heavy atom. The number of benzene rings is 2. The first-order valence-corrected chi connectivity index (χ1v) is 12.6. The van der Waals surface area contributed by atoms with Crippen molar-refractivity contribution in [1.82, 2.24) is 9.97 Å². The minimum absolute atomic E-state index is 0.0630. The molecule has 2 aromatic heterocycles. The second kappa shape index (κ2) is 9.47. The fourth-order valence-corrected chi connectivity index (χ4v) is 5.16. The molecule has 1 amide bonds. The lowest BCUT2D eigenvalue weighted by Crippen LogP contribution is -2.15. The van der Waals surface area contributed by atoms with Crippen molar-refractivity contribution in [2.45, 2.75) is 18.4 Å². The molecule has 2 N–H and O–H groups in total. The number of ether oxygens (including phenoxy) is 1. The summed E-state index contributed by atoms with van der Waals surface area (Å²) >= 11 is 2.72. The molecule has 4 aromatic rings. The Morgan fingerprint density at radius 1 is 1.09 bits per heavy atom. The van der Waals surface area contributed by atoms with Crippen molar-refractivity contribution >= 4 is 49.4 Å². The van der Waals surface area contributed by atoms with Crippen LogP contribution in [0, 0.1) is 6.92 Å². The van der Waals surface area contributed by atoms with Crippen LogP contribution < -0.4 is 14.8 Å². The first-order chi connectivity index (χ1) is 15.4. The third-order valence-electron chi connectivity index (χ3n) is 4.25. The third kappa shape index (κ3) is 5.31. The number of aryl methyl sites for hydroxylation is 1. The Morgan fingerprint density at radius 2 is 1.88 bits per heavy atom. The third-order valence-corrected chi connectivity index (χ3v) is 7.25. The van der Waals surface area contributed by atoms with Crippen molar-refractivity contribution in [3.8, 4) is 5.75 Å². The van der Waals surface area contributed by atoms with Crippen LogP contribution in [0.25, 0.3) is 0 Å². The van der Waals surface area contributed by atoms with Crippen LogP contribution in [0.15, 0.2) is 70.4 Å². The largest absolute Gasteiger partial charge is 0.486 e. The van der Waals surface area contributed by atoms with E-state index in [4.69, 9.17) is 4.74 Å². The topological polar surface area (TPSA) is 110 Å². The number of nitrogens with zero attached hydrogens (tertiary/aromatic N) is 2. The number of hydrogen-bond acceptors (Lipinski definition) is 8. The summed E-state index contributed by atoms with van der Waals surface area (Å²) in [5.41, 5.74) is 1.61. The second-order valence-electron chi connectivity index (χ2n) is 6.56. The van der Waals surface area contributed by atoms with Crippen LogP contribution in [0.5, 0.6) is 5.75 Å². The number of rotatable bonds is 8. The van der Waals surface area contributed by atoms with Gasteiger partial charge in [-0.25, -0.2) is 18.4 Å². The molecule has 0 radical (unpaired) electrons. The van der Waals surface area contributed by atoms with Gasteiger partial charge in [0.25, 0.3) is 15.9 Å². The predicted molar refractivity (Wildman–Crippen MR) is 125 cm³/mol. The maximum Gasteiger partial charge on any atom is 0.263 e. The number of carbonyl (C=O) groups is 1. The number of thiazole rings is 2. The van der Waals surface area contributed by atoms with Gasteiger partial charge in [0.05, 0.1) is 21.2 Å². The summed E-state index contributed by atoms with van der Waals surface area (Å²) in [6.07, 6.45) is 1.51. The van der Waals surface area contributed by atoms with Crippen LogP contribution in [0.4, 0.5) is 10.8 Å². The average molecular weight is 487 g/mol. The van der Waals surface area contributed by atoms with Crippen LogP contribution in [0.2, 0.25) is 0 Å². The van der Waals surface area contributed by atoms with Gasteiger partial charge < -0.3 is 10.1 Å². The highest BCUT2D eigenvalue weighted by atomic mass is 32.2. The molecule has 164 valence electrons. The fourth-order valence-electron chi connectivity index (χ4n) is 2.77. The first-order valence-electron chi connectivity index (χ1n) is 9.37. The zero-order valence-electron chi connectivity index (χ0n) is 16.8. The van der Waals surface area contributed by atoms with Gasteiger partial charge >= 0.3 is 0 Å². The van der Waals surface area contributed by atoms with Crippen molar-refractivity contribution < 1.29 is 17.9 Å². The van der Waals surface area contributed by atoms with E-state index in [1.165, 1.54) is 53.1 Å². The molecule has 0 fully saturated rings. The highest BCUT2D eigenvalue weighted by Gasteiger charge is 2.17. The summed E-state index contributed by atoms with van der Waals surface area (Å²) in [6, 6.07) is 12.8. The van der Waals surface area contributed by atoms with Crippen LogP contribution >= 0.6 is 22.7 Å². The van der Waals surface area contributed by atoms with E-state index in [2.05, 4.69) is 20.0 Å². The van der Waals surface area contributed by atoms with Gasteiger partial charge in [-0.15, -0.1) is 22.7 Å². The van der Waals surface area contributed by atoms with Gasteiger partial charge in [-0.3, -0.25) is 9.52 Å². The van der Waals surface area contributed by atoms with Gasteiger partial charge in [0, 0.05) is 22.6 Å². The Labute approximate surface area is 193 Å². The summed E-state index contributed by atoms with van der Waals surface area (Å²) in [5, 5.41) is 7.59. The monoisotopic (exact) mass is 486 g/mol. The molecule has 0 spiro atoms. The minimum atomic E-state index is -3.76. The molecule has 0 saturated carbocycles. The highest BCUT2D eigenvalue weighted by Crippen LogP contribution is 2.23. The maximum atomic E-state index is 12.8. The minimum Gasteiger partial charge on any atom is -0.486 e. The second-order valence-corrected chi connectivity index (χ2v) is 10.2. The molecule has 2 aromatic carbocycles. The van der Waals surface area contributed by atoms with Crippen molar-refractivity contribution in [1.29, 1.82) is 0 Å². The van der Waals surface area contributed by atoms with Gasteiger partial charge in [-0.05, 0) is 43.3 Å². The molecule has 0 aliphatic rings. The summed E-state index contributed by atoms with van der Waals surface area (Å²) < 4.78 is 33.1. The standard InChI is InChI=1S/C21H18N4O4S3/c1-14-23-16(13-31-14)12-29-19-5-3-2-4-18(19)20(26)24-15-6-8-17(9-7-15)32(27,28)25-21-22-10-11-30-21/h2-11,13H,12H2,1H3,(H,22,25)(H,24,26). The molecule has 4 rings (SSSR count). The maximum absolute atomic E-state index is 12.8. The summed E-state index contributed by atoms with van der Waals surface area (Å²) in [5.74, 6) is 0.0640. The van der Waals surface area contributed by atoms with Gasteiger partial charge in [0.2, 0.25) is 0 Å². The molecule has 11 heteroatoms. The molecule has 0 saturated heterocycles. The van der Waals surface area contributed by atoms with Crippen LogP contribution in [-0.2, 0) is 16.6 Å². The van der Waals surface area contributed by atoms with Crippen molar-refractivity contribution in [2.24, 2.45) is 0 Å². The van der Waals surface area contributed by atoms with Crippen molar-refractivity contribution in [2.75, 3.05) is 10.0 Å². The Hall–Kier alpha value is -3.28. The molecular formula is C21H18N4O4S3. The van der Waals surface area contributed by atoms with E-state index >= 15 is 0 Å². The number of nitrogens with one attached hydrogen (secondary N) is 2. The molecule has 0 bridgehead atoms. The molecular weight excluding hydrogens is 468 g/mol. The molecule has 32 heavy (non-hydrogen) atoms. The van der Waals surface area contributed by atoms with Crippen molar-refractivity contribution in [3.05, 3.63) is 81.8 Å². The van der Waals surface area contributed by atoms with Gasteiger partial charge in [0.15, 0.2) is 5.13 Å². The number of carbonyl (C=O) groups excluding carboxylic acids is 1. The number of hydrogen-bond donors (Lipinski definition) is 2. The number of para-hydroxylation sites is 1. The van der Waals surface area contributed by atoms with E-state index in [0.717, 1.165) is 10.7 Å². The normalized spacial score (nSPS) is 11.2. The van der Waals surface area contributed by atoms with Crippen LogP contribution in [-0.4, -0.2) is 24.3 Å². The number of anilines is 2. The molecule has 0 unspecified atom stereocenters. The smallest absolute Gasteiger partial charge is 0.263 e. The quantitative estimate of drug-likeness (QED) is 0.378. The van der Waals surface area contributed by atoms with Gasteiger partial charge in [-0.2, -0.15) is 0 Å². The Bertz CT molecular complexity index is 1320. The zero-order chi connectivity index (χ0) is 22.6. The average Bonchev–Trinajstić information content (AvgIpc) is 3.44. The Balaban J connectivity index is 1.44. The lowest BCUT2D eigenvalue weighted by molar-refractivity contribution is 0.102. The molecule has 0 aliphatic heterocycles. The van der Waals surface area contributed by atoms with E-state index in [1.54, 1.807) is 29.6 Å². The molecule has 0 aliphatic carbocycles.